The molecule has 144 heavy (non-hydrogen) atoms. The summed E-state index contributed by atoms with van der Waals surface area (Å²) < 4.78 is 103. The van der Waals surface area contributed by atoms with Crippen molar-refractivity contribution in [3.05, 3.63) is 173 Å². The van der Waals surface area contributed by atoms with Crippen molar-refractivity contribution < 1.29 is 207 Å². The van der Waals surface area contributed by atoms with Gasteiger partial charge < -0.3 is 207 Å². The van der Waals surface area contributed by atoms with E-state index in [-0.39, 0.29) is 103 Å². The van der Waals surface area contributed by atoms with Crippen molar-refractivity contribution in [2.45, 2.75) is 266 Å². The Morgan fingerprint density at radius 2 is 0.500 bits per heavy atom. The van der Waals surface area contributed by atoms with Gasteiger partial charge in [-0.25, -0.2) is 0 Å². The number of fused-ring (bicyclic) bond motifs is 3. The van der Waals surface area contributed by atoms with E-state index in [1.54, 1.807) is 91.0 Å². The van der Waals surface area contributed by atoms with E-state index in [0.717, 1.165) is 34.9 Å². The van der Waals surface area contributed by atoms with Gasteiger partial charge in [-0.15, -0.1) is 0 Å². The highest BCUT2D eigenvalue weighted by Crippen LogP contribution is 2.48. The summed E-state index contributed by atoms with van der Waals surface area (Å²) in [5.41, 5.74) is 1.02. The highest BCUT2D eigenvalue weighted by atomic mass is 16.7. The summed E-state index contributed by atoms with van der Waals surface area (Å²) in [6, 6.07) is 22.2. The van der Waals surface area contributed by atoms with Crippen molar-refractivity contribution in [3.8, 4) is 103 Å². The van der Waals surface area contributed by atoms with E-state index in [1.165, 1.54) is 42.1 Å². The number of phenols is 3. The molecule has 9 aromatic rings. The topological polar surface area (TPSA) is 715 Å². The Labute approximate surface area is 819 Å². The van der Waals surface area contributed by atoms with Crippen LogP contribution in [0, 0.1) is 0 Å². The number of phenolic OH excluding ortho intramolecular Hbond substituents is 3. The van der Waals surface area contributed by atoms with Crippen LogP contribution in [0.1, 0.15) is 79.0 Å². The normalized spacial score (nSPS) is 30.6. The molecule has 9 heterocycles. The molecule has 45 heteroatoms. The van der Waals surface area contributed by atoms with Gasteiger partial charge in [0.05, 0.1) is 59.5 Å². The maximum atomic E-state index is 14.3. The zero-order valence-electron chi connectivity index (χ0n) is 79.8. The minimum absolute atomic E-state index is 0.0725. The molecule has 6 aliphatic heterocycles. The number of hydrogen-bond donors (Lipinski definition) is 24. The first-order chi connectivity index (χ1) is 68.3. The van der Waals surface area contributed by atoms with E-state index in [1.807, 2.05) is 41.5 Å². The number of aliphatic hydroxyl groups is 21. The molecule has 24 N–H and O–H groups in total. The first kappa shape index (κ1) is 110. The Hall–Kier alpha value is -11.3. The van der Waals surface area contributed by atoms with Crippen LogP contribution in [0.3, 0.4) is 0 Å². The van der Waals surface area contributed by atoms with E-state index in [2.05, 4.69) is 0 Å². The van der Waals surface area contributed by atoms with Crippen LogP contribution in [0.15, 0.2) is 154 Å². The van der Waals surface area contributed by atoms with Gasteiger partial charge in [0.1, 0.15) is 213 Å². The van der Waals surface area contributed by atoms with Gasteiger partial charge in [0, 0.05) is 51.6 Å². The third kappa shape index (κ3) is 22.9. The maximum Gasteiger partial charge on any atom is 0.239 e. The van der Waals surface area contributed by atoms with Crippen LogP contribution in [0.5, 0.6) is 69.0 Å². The lowest BCUT2D eigenvalue weighted by Gasteiger charge is -2.39. The Balaban J connectivity index is 0.000000181. The molecule has 0 radical (unpaired) electrons. The van der Waals surface area contributed by atoms with Gasteiger partial charge in [-0.3, -0.25) is 14.4 Å². The summed E-state index contributed by atoms with van der Waals surface area (Å²) in [6.45, 7) is 13.2. The summed E-state index contributed by atoms with van der Waals surface area (Å²) in [5, 5.41) is 249. The molecule has 0 aliphatic carbocycles. The van der Waals surface area contributed by atoms with Gasteiger partial charge in [-0.1, -0.05) is 34.9 Å². The van der Waals surface area contributed by atoms with Crippen LogP contribution in [0.2, 0.25) is 0 Å². The van der Waals surface area contributed by atoms with Crippen LogP contribution in [-0.4, -0.2) is 348 Å². The third-order valence-electron chi connectivity index (χ3n) is 25.1. The number of allylic oxidation sites excluding steroid dienone is 6. The predicted molar refractivity (Wildman–Crippen MR) is 500 cm³/mol. The molecule has 45 nitrogen and oxygen atoms in total. The van der Waals surface area contributed by atoms with Crippen molar-refractivity contribution in [2.75, 3.05) is 41.2 Å². The van der Waals surface area contributed by atoms with Crippen molar-refractivity contribution in [1.82, 2.24) is 0 Å². The molecule has 0 bridgehead atoms. The van der Waals surface area contributed by atoms with Crippen molar-refractivity contribution >= 4 is 32.9 Å². The monoisotopic (exact) mass is 2030 g/mol. The van der Waals surface area contributed by atoms with Crippen molar-refractivity contribution in [3.63, 3.8) is 0 Å². The van der Waals surface area contributed by atoms with Gasteiger partial charge in [-0.2, -0.15) is 0 Å². The second kappa shape index (κ2) is 46.6. The molecule has 3 aromatic heterocycles. The number of rotatable bonds is 27. The van der Waals surface area contributed by atoms with Gasteiger partial charge in [-0.05, 0) is 154 Å². The minimum atomic E-state index is -1.77. The molecule has 30 atom stereocenters. The lowest BCUT2D eigenvalue weighted by molar-refractivity contribution is -0.277. The smallest absolute Gasteiger partial charge is 0.239 e. The second-order valence-corrected chi connectivity index (χ2v) is 36.0. The van der Waals surface area contributed by atoms with Crippen LogP contribution >= 0.6 is 0 Å². The van der Waals surface area contributed by atoms with Gasteiger partial charge in [0.15, 0.2) is 17.3 Å². The summed E-state index contributed by atoms with van der Waals surface area (Å²) in [7, 11) is 4.41. The van der Waals surface area contributed by atoms with E-state index >= 15 is 0 Å². The van der Waals surface area contributed by atoms with Crippen molar-refractivity contribution in [2.24, 2.45) is 0 Å². The quantitative estimate of drug-likeness (QED) is 0.0306. The van der Waals surface area contributed by atoms with E-state index in [0.29, 0.717) is 33.9 Å². The number of methoxy groups -OCH3 is 3. The van der Waals surface area contributed by atoms with E-state index in [9.17, 15) is 137 Å². The predicted octanol–water partition coefficient (Wildman–Crippen LogP) is 0.204. The summed E-state index contributed by atoms with van der Waals surface area (Å²) >= 11 is 0. The molecule has 6 saturated heterocycles. The molecule has 15 rings (SSSR count). The fraction of sp³-hybridized carbons (Fsp3) is 0.485. The fourth-order valence-electron chi connectivity index (χ4n) is 16.6. The zero-order chi connectivity index (χ0) is 105. The summed E-state index contributed by atoms with van der Waals surface area (Å²) in [4.78, 5) is 42.8. The standard InChI is InChI=1S/3C33H40O15/c3*1-13(2)5-10-17-19(45-33-28(42)26(40)23(37)20(12-34)46-33)11-18(35)21-24(38)31(48-32-27(41)25(39)22(36)14(3)44-32)29(47-30(17)21)15-6-8-16(43-4)9-7-15/h3*5-9,11,14,20,22-23,25-28,32-37,39-42H,10,12H2,1-4H3/t3*14-,20+,22-,23+,25+,26-,27+,28+,32-,33+/m000/s1. The molecule has 0 unspecified atom stereocenters. The van der Waals surface area contributed by atoms with E-state index < -0.39 is 255 Å². The average molecular weight is 2030 g/mol. The molecule has 6 aromatic carbocycles. The highest BCUT2D eigenvalue weighted by molar-refractivity contribution is 5.94. The van der Waals surface area contributed by atoms with E-state index in [4.69, 9.17) is 84.3 Å². The molecule has 6 fully saturated rings. The molecule has 786 valence electrons. The summed E-state index contributed by atoms with van der Waals surface area (Å²) in [6.07, 6.45) is -41.0. The fourth-order valence-corrected chi connectivity index (χ4v) is 16.6. The number of aliphatic hydroxyl groups excluding tert-OH is 21. The second-order valence-electron chi connectivity index (χ2n) is 36.0. The zero-order valence-corrected chi connectivity index (χ0v) is 79.8. The number of hydrogen-bond acceptors (Lipinski definition) is 45. The first-order valence-corrected chi connectivity index (χ1v) is 45.7. The molecule has 0 amide bonds. The van der Waals surface area contributed by atoms with Crippen molar-refractivity contribution in [1.29, 1.82) is 0 Å². The average Bonchev–Trinajstić information content (AvgIpc) is 0.745. The van der Waals surface area contributed by atoms with Crippen LogP contribution < -0.4 is 58.9 Å². The number of ether oxygens (including phenoxy) is 15. The first-order valence-electron chi connectivity index (χ1n) is 45.7. The van der Waals surface area contributed by atoms with Gasteiger partial charge in [0.2, 0.25) is 71.3 Å². The molecular formula is C99H120O45. The lowest BCUT2D eigenvalue weighted by Crippen LogP contribution is -2.60. The SMILES string of the molecule is COc1ccc(-c2oc3c(CC=C(C)C)c(O[C@@H]4O[C@H](CO)[C@@H](O)[C@H](O)[C@H]4O)cc(O)c3c(=O)c2O[C@@H]2O[C@@H](C)[C@H](O)[C@@H](O)[C@H]2O)cc1.COc1ccc(-c2oc3c(CC=C(C)C)c(O[C@@H]4O[C@H](CO)[C@@H](O)[C@H](O)[C@H]4O)cc(O)c3c(=O)c2O[C@@H]2O[C@@H](C)[C@H](O)[C@@H](O)[C@H]2O)cc1.COc1ccc(-c2oc3c(CC=C(C)C)c(O[C@@H]4O[C@H](CO)[C@@H](O)[C@H](O)[C@H]4O)cc(O)c3c(=O)c2O[C@@H]2O[C@@H](C)[C@H](O)[C@@H](O)[C@H]2O)cc1. The highest BCUT2D eigenvalue weighted by Gasteiger charge is 2.52. The molecule has 0 spiro atoms. The largest absolute Gasteiger partial charge is 0.507 e. The molecule has 0 saturated carbocycles. The third-order valence-corrected chi connectivity index (χ3v) is 25.1. The van der Waals surface area contributed by atoms with Crippen LogP contribution in [0.4, 0.5) is 0 Å². The van der Waals surface area contributed by atoms with Crippen LogP contribution in [0.25, 0.3) is 66.9 Å². The molecular weight excluding hydrogens is 1910 g/mol. The van der Waals surface area contributed by atoms with Gasteiger partial charge >= 0.3 is 0 Å². The minimum Gasteiger partial charge on any atom is -0.507 e. The molecule has 6 aliphatic rings. The van der Waals surface area contributed by atoms with Crippen LogP contribution in [-0.2, 0) is 47.7 Å². The number of aromatic hydroxyl groups is 3. The Bertz CT molecular complexity index is 5630. The lowest BCUT2D eigenvalue weighted by atomic mass is 9.99. The number of benzene rings is 6. The maximum absolute atomic E-state index is 14.3. The Morgan fingerprint density at radius 1 is 0.292 bits per heavy atom. The Kier molecular flexibility index (Phi) is 35.6. The van der Waals surface area contributed by atoms with Gasteiger partial charge in [0.25, 0.3) is 0 Å². The Morgan fingerprint density at radius 3 is 0.701 bits per heavy atom. The summed E-state index contributed by atoms with van der Waals surface area (Å²) in [5.74, 6) is -2.76.